The van der Waals surface area contributed by atoms with Crippen LogP contribution >= 0.6 is 0 Å². The third kappa shape index (κ3) is 5.71. The zero-order chi connectivity index (χ0) is 13.2. The van der Waals surface area contributed by atoms with Crippen LogP contribution in [0.3, 0.4) is 0 Å². The molecule has 2 heteroatoms. The fourth-order valence-electron chi connectivity index (χ4n) is 3.02. The first kappa shape index (κ1) is 16.0. The Morgan fingerprint density at radius 1 is 0.944 bits per heavy atom. The molecular weight excluding hydrogens is 220 g/mol. The Morgan fingerprint density at radius 3 is 2.17 bits per heavy atom. The van der Waals surface area contributed by atoms with Crippen LogP contribution in [-0.4, -0.2) is 36.6 Å². The minimum absolute atomic E-state index is 0.792. The van der Waals surface area contributed by atoms with Crippen molar-refractivity contribution in [1.29, 1.82) is 0 Å². The summed E-state index contributed by atoms with van der Waals surface area (Å²) in [6.07, 6.45) is 10.8. The second kappa shape index (κ2) is 9.80. The van der Waals surface area contributed by atoms with Gasteiger partial charge in [0.25, 0.3) is 0 Å². The number of hydrogen-bond acceptors (Lipinski definition) is 2. The molecule has 0 spiro atoms. The highest BCUT2D eigenvalue weighted by Gasteiger charge is 2.28. The quantitative estimate of drug-likeness (QED) is 0.638. The van der Waals surface area contributed by atoms with Crippen molar-refractivity contribution in [3.05, 3.63) is 0 Å². The molecule has 0 saturated heterocycles. The van der Waals surface area contributed by atoms with Crippen LogP contribution in [0.15, 0.2) is 0 Å². The number of nitrogens with zero attached hydrogens (tertiary/aromatic N) is 1. The second-order valence-electron chi connectivity index (χ2n) is 5.86. The molecule has 0 bridgehead atoms. The normalized spacial score (nSPS) is 24.0. The first-order chi connectivity index (χ1) is 8.81. The lowest BCUT2D eigenvalue weighted by atomic mass is 10.1. The molecule has 0 aromatic heterocycles. The van der Waals surface area contributed by atoms with Crippen molar-refractivity contribution in [3.8, 4) is 0 Å². The maximum atomic E-state index is 3.70. The van der Waals surface area contributed by atoms with Gasteiger partial charge in [-0.3, -0.25) is 0 Å². The molecule has 1 rings (SSSR count). The molecule has 1 saturated carbocycles. The molecule has 0 radical (unpaired) electrons. The van der Waals surface area contributed by atoms with Gasteiger partial charge in [-0.2, -0.15) is 0 Å². The van der Waals surface area contributed by atoms with E-state index in [9.17, 15) is 0 Å². The molecule has 2 atom stereocenters. The van der Waals surface area contributed by atoms with E-state index in [0.29, 0.717) is 0 Å². The standard InChI is InChI=1S/C16H34N2/c1-4-7-12-18(13-8-5-2)16-10-9-15(14-16)17-11-6-3/h15-17H,4-14H2,1-3H3. The molecule has 108 valence electrons. The highest BCUT2D eigenvalue weighted by Crippen LogP contribution is 2.25. The molecule has 18 heavy (non-hydrogen) atoms. The Hall–Kier alpha value is -0.0800. The van der Waals surface area contributed by atoms with Gasteiger partial charge in [0.15, 0.2) is 0 Å². The highest BCUT2D eigenvalue weighted by molar-refractivity contribution is 4.86. The molecule has 0 heterocycles. The molecule has 0 aromatic rings. The fraction of sp³-hybridized carbons (Fsp3) is 1.00. The van der Waals surface area contributed by atoms with E-state index in [-0.39, 0.29) is 0 Å². The van der Waals surface area contributed by atoms with E-state index < -0.39 is 0 Å². The molecule has 0 aliphatic heterocycles. The van der Waals surface area contributed by atoms with E-state index in [2.05, 4.69) is 31.0 Å². The zero-order valence-electron chi connectivity index (χ0n) is 12.9. The van der Waals surface area contributed by atoms with Crippen LogP contribution in [0, 0.1) is 0 Å². The molecule has 1 N–H and O–H groups in total. The molecule has 1 fully saturated rings. The van der Waals surface area contributed by atoms with Gasteiger partial charge < -0.3 is 10.2 Å². The van der Waals surface area contributed by atoms with Crippen LogP contribution in [0.4, 0.5) is 0 Å². The summed E-state index contributed by atoms with van der Waals surface area (Å²) in [5, 5.41) is 3.70. The van der Waals surface area contributed by atoms with Crippen molar-refractivity contribution in [2.24, 2.45) is 0 Å². The minimum atomic E-state index is 0.792. The Labute approximate surface area is 115 Å². The van der Waals surface area contributed by atoms with E-state index in [1.807, 2.05) is 0 Å². The first-order valence-corrected chi connectivity index (χ1v) is 8.29. The Morgan fingerprint density at radius 2 is 1.61 bits per heavy atom. The smallest absolute Gasteiger partial charge is 0.0111 e. The summed E-state index contributed by atoms with van der Waals surface area (Å²) < 4.78 is 0. The van der Waals surface area contributed by atoms with Gasteiger partial charge in [-0.25, -0.2) is 0 Å². The lowest BCUT2D eigenvalue weighted by Crippen LogP contribution is -2.37. The van der Waals surface area contributed by atoms with Gasteiger partial charge in [-0.1, -0.05) is 33.6 Å². The zero-order valence-corrected chi connectivity index (χ0v) is 12.9. The molecule has 2 unspecified atom stereocenters. The van der Waals surface area contributed by atoms with Crippen molar-refractivity contribution >= 4 is 0 Å². The molecule has 1 aliphatic carbocycles. The molecular formula is C16H34N2. The average Bonchev–Trinajstić information content (AvgIpc) is 2.85. The maximum Gasteiger partial charge on any atom is 0.0111 e. The van der Waals surface area contributed by atoms with Crippen molar-refractivity contribution in [1.82, 2.24) is 10.2 Å². The Kier molecular flexibility index (Phi) is 8.70. The van der Waals surface area contributed by atoms with Crippen LogP contribution in [0.5, 0.6) is 0 Å². The van der Waals surface area contributed by atoms with Crippen molar-refractivity contribution in [2.75, 3.05) is 19.6 Å². The largest absolute Gasteiger partial charge is 0.314 e. The number of rotatable bonds is 10. The Bertz CT molecular complexity index is 186. The highest BCUT2D eigenvalue weighted by atomic mass is 15.2. The molecule has 0 amide bonds. The third-order valence-electron chi connectivity index (χ3n) is 4.20. The lowest BCUT2D eigenvalue weighted by molar-refractivity contribution is 0.190. The predicted molar refractivity (Wildman–Crippen MR) is 81.1 cm³/mol. The van der Waals surface area contributed by atoms with Crippen molar-refractivity contribution < 1.29 is 0 Å². The maximum absolute atomic E-state index is 3.70. The van der Waals surface area contributed by atoms with Crippen LogP contribution in [-0.2, 0) is 0 Å². The van der Waals surface area contributed by atoms with Crippen LogP contribution < -0.4 is 5.32 Å². The van der Waals surface area contributed by atoms with E-state index in [4.69, 9.17) is 0 Å². The van der Waals surface area contributed by atoms with Crippen LogP contribution in [0.1, 0.15) is 72.1 Å². The van der Waals surface area contributed by atoms with E-state index in [1.165, 1.54) is 71.0 Å². The SMILES string of the molecule is CCCCN(CCCC)C1CCC(NCCC)C1. The third-order valence-corrected chi connectivity index (χ3v) is 4.20. The predicted octanol–water partition coefficient (Wildman–Crippen LogP) is 3.81. The number of unbranched alkanes of at least 4 members (excludes halogenated alkanes) is 2. The van der Waals surface area contributed by atoms with E-state index in [0.717, 1.165) is 12.1 Å². The number of hydrogen-bond donors (Lipinski definition) is 1. The topological polar surface area (TPSA) is 15.3 Å². The average molecular weight is 254 g/mol. The summed E-state index contributed by atoms with van der Waals surface area (Å²) in [4.78, 5) is 2.78. The molecule has 1 aliphatic rings. The van der Waals surface area contributed by atoms with Crippen molar-refractivity contribution in [3.63, 3.8) is 0 Å². The summed E-state index contributed by atoms with van der Waals surface area (Å²) in [7, 11) is 0. The molecule has 0 aromatic carbocycles. The van der Waals surface area contributed by atoms with Gasteiger partial charge >= 0.3 is 0 Å². The monoisotopic (exact) mass is 254 g/mol. The van der Waals surface area contributed by atoms with Gasteiger partial charge in [0.2, 0.25) is 0 Å². The summed E-state index contributed by atoms with van der Waals surface area (Å²) >= 11 is 0. The van der Waals surface area contributed by atoms with Gasteiger partial charge in [-0.15, -0.1) is 0 Å². The van der Waals surface area contributed by atoms with E-state index >= 15 is 0 Å². The lowest BCUT2D eigenvalue weighted by Gasteiger charge is -2.29. The van der Waals surface area contributed by atoms with Gasteiger partial charge in [-0.05, 0) is 58.2 Å². The fourth-order valence-corrected chi connectivity index (χ4v) is 3.02. The minimum Gasteiger partial charge on any atom is -0.314 e. The van der Waals surface area contributed by atoms with E-state index in [1.54, 1.807) is 0 Å². The second-order valence-corrected chi connectivity index (χ2v) is 5.86. The summed E-state index contributed by atoms with van der Waals surface area (Å²) in [5.74, 6) is 0. The van der Waals surface area contributed by atoms with Crippen LogP contribution in [0.2, 0.25) is 0 Å². The summed E-state index contributed by atoms with van der Waals surface area (Å²) in [6, 6.07) is 1.65. The van der Waals surface area contributed by atoms with Gasteiger partial charge in [0.05, 0.1) is 0 Å². The molecule has 2 nitrogen and oxygen atoms in total. The van der Waals surface area contributed by atoms with Crippen LogP contribution in [0.25, 0.3) is 0 Å². The van der Waals surface area contributed by atoms with Gasteiger partial charge in [0.1, 0.15) is 0 Å². The van der Waals surface area contributed by atoms with Gasteiger partial charge in [0, 0.05) is 12.1 Å². The summed E-state index contributed by atoms with van der Waals surface area (Å²) in [6.45, 7) is 10.7. The van der Waals surface area contributed by atoms with Crippen molar-refractivity contribution in [2.45, 2.75) is 84.2 Å². The Balaban J connectivity index is 2.33. The first-order valence-electron chi connectivity index (χ1n) is 8.29. The number of nitrogens with one attached hydrogen (secondary N) is 1. The summed E-state index contributed by atoms with van der Waals surface area (Å²) in [5.41, 5.74) is 0.